The van der Waals surface area contributed by atoms with E-state index in [2.05, 4.69) is 0 Å². The highest BCUT2D eigenvalue weighted by molar-refractivity contribution is 6.09. The van der Waals surface area contributed by atoms with Crippen molar-refractivity contribution in [2.75, 3.05) is 0 Å². The average Bonchev–Trinajstić information content (AvgIpc) is 3.44. The van der Waals surface area contributed by atoms with Gasteiger partial charge in [0.25, 0.3) is 0 Å². The molecule has 3 aromatic carbocycles. The predicted octanol–water partition coefficient (Wildman–Crippen LogP) is 6.50. The van der Waals surface area contributed by atoms with Crippen LogP contribution in [0, 0.1) is 13.8 Å². The molecule has 0 saturated carbocycles. The molecule has 1 N–H and O–H groups in total. The lowest BCUT2D eigenvalue weighted by Gasteiger charge is -2.06. The summed E-state index contributed by atoms with van der Waals surface area (Å²) >= 11 is 0. The van der Waals surface area contributed by atoms with Crippen LogP contribution in [0.2, 0.25) is 0 Å². The number of para-hydroxylation sites is 2. The summed E-state index contributed by atoms with van der Waals surface area (Å²) in [6.45, 7) is 3.68. The van der Waals surface area contributed by atoms with E-state index in [0.29, 0.717) is 17.0 Å². The molecule has 162 valence electrons. The van der Waals surface area contributed by atoms with Crippen LogP contribution >= 0.6 is 0 Å². The second-order valence-corrected chi connectivity index (χ2v) is 8.04. The molecule has 2 aromatic heterocycles. The molecule has 5 heteroatoms. The van der Waals surface area contributed by atoms with E-state index < -0.39 is 0 Å². The van der Waals surface area contributed by atoms with Gasteiger partial charge in [-0.3, -0.25) is 4.79 Å². The summed E-state index contributed by atoms with van der Waals surface area (Å²) in [6, 6.07) is 23.0. The van der Waals surface area contributed by atoms with E-state index in [1.165, 1.54) is 6.08 Å². The number of aryl methyl sites for hydroxylation is 2. The first-order valence-corrected chi connectivity index (χ1v) is 10.7. The molecular formula is C28H22N2O3. The van der Waals surface area contributed by atoms with Crippen molar-refractivity contribution < 1.29 is 14.3 Å². The molecule has 5 nitrogen and oxygen atoms in total. The number of carbonyl (C=O) groups is 1. The molecule has 5 rings (SSSR count). The maximum atomic E-state index is 12.9. The summed E-state index contributed by atoms with van der Waals surface area (Å²) in [6.07, 6.45) is 5.05. The van der Waals surface area contributed by atoms with Crippen molar-refractivity contribution in [3.8, 4) is 22.9 Å². The Bertz CT molecular complexity index is 1470. The minimum Gasteiger partial charge on any atom is -0.507 e. The molecule has 2 heterocycles. The van der Waals surface area contributed by atoms with E-state index in [4.69, 9.17) is 9.52 Å². The molecule has 0 aliphatic heterocycles. The average molecular weight is 434 g/mol. The molecule has 0 atom stereocenters. The van der Waals surface area contributed by atoms with E-state index in [-0.39, 0.29) is 17.1 Å². The molecule has 0 radical (unpaired) electrons. The van der Waals surface area contributed by atoms with Crippen LogP contribution in [-0.4, -0.2) is 20.7 Å². The topological polar surface area (TPSA) is 68.3 Å². The Balaban J connectivity index is 1.58. The predicted molar refractivity (Wildman–Crippen MR) is 130 cm³/mol. The van der Waals surface area contributed by atoms with Crippen LogP contribution in [0.1, 0.15) is 27.0 Å². The van der Waals surface area contributed by atoms with Crippen LogP contribution in [0.25, 0.3) is 34.2 Å². The van der Waals surface area contributed by atoms with Crippen molar-refractivity contribution in [2.24, 2.45) is 0 Å². The normalized spacial score (nSPS) is 11.5. The molecular weight excluding hydrogens is 412 g/mol. The maximum Gasteiger partial charge on any atom is 0.189 e. The highest BCUT2D eigenvalue weighted by Gasteiger charge is 2.16. The highest BCUT2D eigenvalue weighted by Crippen LogP contribution is 2.31. The minimum absolute atomic E-state index is 0.00717. The van der Waals surface area contributed by atoms with Gasteiger partial charge in [-0.05, 0) is 67.5 Å². The number of ketones is 1. The second-order valence-electron chi connectivity index (χ2n) is 8.04. The molecule has 0 unspecified atom stereocenters. The number of benzene rings is 3. The van der Waals surface area contributed by atoms with Gasteiger partial charge in [-0.25, -0.2) is 4.68 Å². The zero-order valence-electron chi connectivity index (χ0n) is 18.3. The van der Waals surface area contributed by atoms with Crippen LogP contribution < -0.4 is 0 Å². The number of carbonyl (C=O) groups excluding carboxylic acids is 1. The first kappa shape index (κ1) is 20.5. The van der Waals surface area contributed by atoms with Crippen molar-refractivity contribution in [3.63, 3.8) is 0 Å². The molecule has 33 heavy (non-hydrogen) atoms. The third-order valence-electron chi connectivity index (χ3n) is 5.55. The standard InChI is InChI=1S/C28H22N2O3/c1-18-14-19(2)28(32)23(15-18)24(31)13-12-21-17-30(22-9-4-3-5-10-22)29-27(21)26-16-20-8-6-7-11-25(20)33-26/h3-17,32H,1-2H3/b13-12+. The Kier molecular flexibility index (Phi) is 5.15. The van der Waals surface area contributed by atoms with Crippen LogP contribution in [0.3, 0.4) is 0 Å². The molecule has 0 spiro atoms. The zero-order chi connectivity index (χ0) is 22.9. The van der Waals surface area contributed by atoms with Gasteiger partial charge in [0.15, 0.2) is 11.5 Å². The summed E-state index contributed by atoms with van der Waals surface area (Å²) in [4.78, 5) is 12.9. The minimum atomic E-state index is -0.276. The third kappa shape index (κ3) is 3.96. The van der Waals surface area contributed by atoms with E-state index in [9.17, 15) is 9.90 Å². The van der Waals surface area contributed by atoms with Gasteiger partial charge < -0.3 is 9.52 Å². The Morgan fingerprint density at radius 1 is 1.00 bits per heavy atom. The molecule has 0 aliphatic rings. The van der Waals surface area contributed by atoms with Gasteiger partial charge in [-0.15, -0.1) is 0 Å². The van der Waals surface area contributed by atoms with Crippen molar-refractivity contribution in [1.29, 1.82) is 0 Å². The van der Waals surface area contributed by atoms with E-state index in [1.54, 1.807) is 23.7 Å². The summed E-state index contributed by atoms with van der Waals surface area (Å²) in [5, 5.41) is 16.1. The number of hydrogen-bond acceptors (Lipinski definition) is 4. The molecule has 0 fully saturated rings. The lowest BCUT2D eigenvalue weighted by Crippen LogP contribution is -1.97. The van der Waals surface area contributed by atoms with Crippen molar-refractivity contribution in [3.05, 3.63) is 107 Å². The molecule has 5 aromatic rings. The maximum absolute atomic E-state index is 12.9. The quantitative estimate of drug-likeness (QED) is 0.253. The number of fused-ring (bicyclic) bond motifs is 1. The number of phenolic OH excluding ortho intramolecular Hbond substituents is 1. The van der Waals surface area contributed by atoms with Gasteiger partial charge in [0, 0.05) is 17.1 Å². The number of nitrogens with zero attached hydrogens (tertiary/aromatic N) is 2. The van der Waals surface area contributed by atoms with Gasteiger partial charge in [0.1, 0.15) is 17.0 Å². The monoisotopic (exact) mass is 434 g/mol. The Morgan fingerprint density at radius 3 is 2.55 bits per heavy atom. The molecule has 0 bridgehead atoms. The summed E-state index contributed by atoms with van der Waals surface area (Å²) < 4.78 is 7.82. The number of aromatic hydroxyl groups is 1. The lowest BCUT2D eigenvalue weighted by atomic mass is 10.0. The number of hydrogen-bond donors (Lipinski definition) is 1. The van der Waals surface area contributed by atoms with Crippen LogP contribution in [-0.2, 0) is 0 Å². The fourth-order valence-corrected chi connectivity index (χ4v) is 3.92. The molecule has 0 aliphatic carbocycles. The zero-order valence-corrected chi connectivity index (χ0v) is 18.3. The Morgan fingerprint density at radius 2 is 1.76 bits per heavy atom. The fourth-order valence-electron chi connectivity index (χ4n) is 3.92. The number of furan rings is 1. The molecule has 0 amide bonds. The van der Waals surface area contributed by atoms with E-state index in [1.807, 2.05) is 79.9 Å². The van der Waals surface area contributed by atoms with Crippen molar-refractivity contribution >= 4 is 22.8 Å². The van der Waals surface area contributed by atoms with Gasteiger partial charge >= 0.3 is 0 Å². The van der Waals surface area contributed by atoms with E-state index in [0.717, 1.165) is 27.8 Å². The van der Waals surface area contributed by atoms with Gasteiger partial charge in [-0.2, -0.15) is 5.10 Å². The molecule has 0 saturated heterocycles. The van der Waals surface area contributed by atoms with Crippen molar-refractivity contribution in [1.82, 2.24) is 9.78 Å². The number of aromatic nitrogens is 2. The smallest absolute Gasteiger partial charge is 0.189 e. The largest absolute Gasteiger partial charge is 0.507 e. The van der Waals surface area contributed by atoms with Crippen LogP contribution in [0.15, 0.2) is 89.5 Å². The Hall–Kier alpha value is -4.38. The van der Waals surface area contributed by atoms with Gasteiger partial charge in [-0.1, -0.05) is 42.5 Å². The third-order valence-corrected chi connectivity index (χ3v) is 5.55. The van der Waals surface area contributed by atoms with Gasteiger partial charge in [0.2, 0.25) is 0 Å². The van der Waals surface area contributed by atoms with Crippen LogP contribution in [0.4, 0.5) is 0 Å². The van der Waals surface area contributed by atoms with Crippen molar-refractivity contribution in [2.45, 2.75) is 13.8 Å². The number of phenols is 1. The summed E-state index contributed by atoms with van der Waals surface area (Å²) in [7, 11) is 0. The Labute approximate surface area is 191 Å². The second kappa shape index (κ2) is 8.28. The lowest BCUT2D eigenvalue weighted by molar-refractivity contribution is 0.104. The summed E-state index contributed by atoms with van der Waals surface area (Å²) in [5.41, 5.74) is 4.90. The number of allylic oxidation sites excluding steroid dienone is 1. The first-order chi connectivity index (χ1) is 16.0. The summed E-state index contributed by atoms with van der Waals surface area (Å²) in [5.74, 6) is 0.349. The first-order valence-electron chi connectivity index (χ1n) is 10.7. The van der Waals surface area contributed by atoms with E-state index >= 15 is 0 Å². The van der Waals surface area contributed by atoms with Gasteiger partial charge in [0.05, 0.1) is 11.3 Å². The number of rotatable bonds is 5. The SMILES string of the molecule is Cc1cc(C)c(O)c(C(=O)/C=C/c2cn(-c3ccccc3)nc2-c2cc3ccccc3o2)c1. The fraction of sp³-hybridized carbons (Fsp3) is 0.0714. The van der Waals surface area contributed by atoms with Crippen LogP contribution in [0.5, 0.6) is 5.75 Å². The highest BCUT2D eigenvalue weighted by atomic mass is 16.3.